The highest BCUT2D eigenvalue weighted by atomic mass is 16.2. The number of hydrogen-bond acceptors (Lipinski definition) is 5. The van der Waals surface area contributed by atoms with Crippen molar-refractivity contribution in [2.45, 2.75) is 38.6 Å². The summed E-state index contributed by atoms with van der Waals surface area (Å²) in [6.45, 7) is 2.62. The molecule has 8 nitrogen and oxygen atoms in total. The highest BCUT2D eigenvalue weighted by Crippen LogP contribution is 2.38. The number of urea groups is 1. The zero-order valence-electron chi connectivity index (χ0n) is 17.7. The highest BCUT2D eigenvalue weighted by Gasteiger charge is 2.39. The van der Waals surface area contributed by atoms with Gasteiger partial charge < -0.3 is 9.88 Å². The summed E-state index contributed by atoms with van der Waals surface area (Å²) in [5, 5.41) is 8.43. The van der Waals surface area contributed by atoms with Crippen LogP contribution in [0.25, 0.3) is 10.9 Å². The average molecular weight is 406 g/mol. The Kier molecular flexibility index (Phi) is 4.49. The van der Waals surface area contributed by atoms with Crippen molar-refractivity contribution in [1.82, 2.24) is 19.5 Å². The van der Waals surface area contributed by atoms with E-state index < -0.39 is 0 Å². The molecule has 1 saturated carbocycles. The van der Waals surface area contributed by atoms with Crippen LogP contribution in [0.3, 0.4) is 0 Å². The Hall–Kier alpha value is -3.29. The first-order chi connectivity index (χ1) is 14.6. The van der Waals surface area contributed by atoms with Crippen LogP contribution in [0, 0.1) is 0 Å². The number of hydrogen-bond donors (Lipinski definition) is 1. The van der Waals surface area contributed by atoms with Gasteiger partial charge in [-0.25, -0.2) is 14.8 Å². The third-order valence-electron chi connectivity index (χ3n) is 6.21. The van der Waals surface area contributed by atoms with E-state index in [-0.39, 0.29) is 6.03 Å². The largest absolute Gasteiger partial charge is 0.351 e. The van der Waals surface area contributed by atoms with E-state index in [2.05, 4.69) is 44.3 Å². The average Bonchev–Trinajstić information content (AvgIpc) is 3.40. The van der Waals surface area contributed by atoms with E-state index in [0.717, 1.165) is 35.4 Å². The molecular weight excluding hydrogens is 378 g/mol. The molecule has 0 saturated heterocycles. The van der Waals surface area contributed by atoms with Gasteiger partial charge in [-0.2, -0.15) is 4.98 Å². The third kappa shape index (κ3) is 2.94. The van der Waals surface area contributed by atoms with Crippen molar-refractivity contribution in [2.75, 3.05) is 28.8 Å². The van der Waals surface area contributed by atoms with E-state index in [0.29, 0.717) is 18.5 Å². The zero-order chi connectivity index (χ0) is 20.8. The number of amides is 2. The van der Waals surface area contributed by atoms with Gasteiger partial charge in [0.25, 0.3) is 0 Å². The highest BCUT2D eigenvalue weighted by molar-refractivity contribution is 5.98. The number of carbonyl (C=O) groups excluding carboxylic acids is 1. The van der Waals surface area contributed by atoms with Gasteiger partial charge in [-0.05, 0) is 44.0 Å². The minimum absolute atomic E-state index is 0.0317. The normalized spacial score (nSPS) is 17.2. The maximum absolute atomic E-state index is 12.9. The monoisotopic (exact) mass is 405 g/mol. The number of carbonyl (C=O) groups is 1. The van der Waals surface area contributed by atoms with Crippen LogP contribution in [0.2, 0.25) is 0 Å². The van der Waals surface area contributed by atoms with Gasteiger partial charge in [-0.3, -0.25) is 9.91 Å². The number of rotatable bonds is 4. The van der Waals surface area contributed by atoms with Gasteiger partial charge in [0.05, 0.1) is 12.2 Å². The van der Waals surface area contributed by atoms with Crippen LogP contribution < -0.4 is 15.2 Å². The van der Waals surface area contributed by atoms with Crippen LogP contribution in [0.5, 0.6) is 0 Å². The topological polar surface area (TPSA) is 69.5 Å². The molecule has 2 aromatic heterocycles. The van der Waals surface area contributed by atoms with Crippen molar-refractivity contribution in [2.24, 2.45) is 7.05 Å². The maximum atomic E-state index is 12.9. The van der Waals surface area contributed by atoms with E-state index in [9.17, 15) is 4.79 Å². The molecule has 1 fully saturated rings. The Balaban J connectivity index is 1.52. The molecule has 8 heteroatoms. The Labute approximate surface area is 176 Å². The number of nitrogens with one attached hydrogen (secondary N) is 1. The molecule has 30 heavy (non-hydrogen) atoms. The molecule has 1 aromatic carbocycles. The number of nitrogens with zero attached hydrogens (tertiary/aromatic N) is 6. The summed E-state index contributed by atoms with van der Waals surface area (Å²) < 4.78 is 2.10. The Morgan fingerprint density at radius 1 is 1.17 bits per heavy atom. The van der Waals surface area contributed by atoms with Gasteiger partial charge in [0, 0.05) is 43.4 Å². The molecular formula is C22H27N7O. The predicted octanol–water partition coefficient (Wildman–Crippen LogP) is 4.27. The summed E-state index contributed by atoms with van der Waals surface area (Å²) in [6.07, 6.45) is 8.32. The van der Waals surface area contributed by atoms with Crippen molar-refractivity contribution >= 4 is 40.1 Å². The lowest BCUT2D eigenvalue weighted by Crippen LogP contribution is -2.59. The molecule has 0 radical (unpaired) electrons. The summed E-state index contributed by atoms with van der Waals surface area (Å²) in [4.78, 5) is 23.9. The van der Waals surface area contributed by atoms with Crippen molar-refractivity contribution in [3.63, 3.8) is 0 Å². The van der Waals surface area contributed by atoms with E-state index in [1.807, 2.05) is 25.0 Å². The molecule has 3 heterocycles. The van der Waals surface area contributed by atoms with Crippen LogP contribution in [0.1, 0.15) is 32.6 Å². The quantitative estimate of drug-likeness (QED) is 0.702. The van der Waals surface area contributed by atoms with Crippen LogP contribution in [-0.2, 0) is 7.05 Å². The van der Waals surface area contributed by atoms with Gasteiger partial charge >= 0.3 is 6.03 Å². The zero-order valence-corrected chi connectivity index (χ0v) is 17.7. The number of anilines is 4. The van der Waals surface area contributed by atoms with Gasteiger partial charge in [0.2, 0.25) is 5.95 Å². The minimum Gasteiger partial charge on any atom is -0.351 e. The Morgan fingerprint density at radius 2 is 1.97 bits per heavy atom. The fourth-order valence-electron chi connectivity index (χ4n) is 4.61. The van der Waals surface area contributed by atoms with Crippen molar-refractivity contribution < 1.29 is 4.79 Å². The fraction of sp³-hybridized carbons (Fsp3) is 0.409. The van der Waals surface area contributed by atoms with Crippen LogP contribution in [-0.4, -0.2) is 45.2 Å². The molecule has 3 aromatic rings. The molecule has 1 aliphatic carbocycles. The minimum atomic E-state index is -0.0317. The Bertz CT molecular complexity index is 1100. The maximum Gasteiger partial charge on any atom is 0.343 e. The second-order valence-electron chi connectivity index (χ2n) is 8.07. The second kappa shape index (κ2) is 7.19. The van der Waals surface area contributed by atoms with Crippen LogP contribution >= 0.6 is 0 Å². The molecule has 0 unspecified atom stereocenters. The second-order valence-corrected chi connectivity index (χ2v) is 8.07. The number of aromatic nitrogens is 3. The molecule has 0 atom stereocenters. The van der Waals surface area contributed by atoms with Crippen molar-refractivity contribution in [1.29, 1.82) is 0 Å². The molecule has 1 aliphatic heterocycles. The molecule has 5 rings (SSSR count). The van der Waals surface area contributed by atoms with Gasteiger partial charge in [-0.1, -0.05) is 12.8 Å². The number of fused-ring (bicyclic) bond motifs is 2. The first kappa shape index (κ1) is 18.7. The molecule has 156 valence electrons. The molecule has 2 amide bonds. The third-order valence-corrected chi connectivity index (χ3v) is 6.21. The summed E-state index contributed by atoms with van der Waals surface area (Å²) in [7, 11) is 3.83. The number of aryl methyl sites for hydroxylation is 1. The summed E-state index contributed by atoms with van der Waals surface area (Å²) in [5.74, 6) is 1.33. The lowest BCUT2D eigenvalue weighted by Gasteiger charge is -2.45. The standard InChI is InChI=1S/C22H27N7O/c1-4-28-22(30)27(3)19-14-23-21(25-20(19)29(28)17-7-5-6-8-17)24-16-9-10-18-15(13-16)11-12-26(18)2/h9-14,17H,4-8H2,1-3H3,(H,23,24,25). The Morgan fingerprint density at radius 3 is 2.73 bits per heavy atom. The summed E-state index contributed by atoms with van der Waals surface area (Å²) >= 11 is 0. The van der Waals surface area contributed by atoms with E-state index >= 15 is 0 Å². The first-order valence-corrected chi connectivity index (χ1v) is 10.6. The molecule has 1 N–H and O–H groups in total. The van der Waals surface area contributed by atoms with Gasteiger partial charge in [-0.15, -0.1) is 0 Å². The van der Waals surface area contributed by atoms with Crippen molar-refractivity contribution in [3.05, 3.63) is 36.7 Å². The molecule has 0 spiro atoms. The predicted molar refractivity (Wildman–Crippen MR) is 119 cm³/mol. The van der Waals surface area contributed by atoms with Crippen molar-refractivity contribution in [3.8, 4) is 0 Å². The van der Waals surface area contributed by atoms with Gasteiger partial charge in [0.15, 0.2) is 5.82 Å². The van der Waals surface area contributed by atoms with E-state index in [1.54, 1.807) is 18.1 Å². The molecule has 2 aliphatic rings. The smallest absolute Gasteiger partial charge is 0.343 e. The fourth-order valence-corrected chi connectivity index (χ4v) is 4.61. The molecule has 0 bridgehead atoms. The number of benzene rings is 1. The lowest BCUT2D eigenvalue weighted by atomic mass is 10.2. The summed E-state index contributed by atoms with van der Waals surface area (Å²) in [5.41, 5.74) is 2.87. The van der Waals surface area contributed by atoms with Crippen LogP contribution in [0.15, 0.2) is 36.7 Å². The van der Waals surface area contributed by atoms with Crippen LogP contribution in [0.4, 0.5) is 27.9 Å². The first-order valence-electron chi connectivity index (χ1n) is 10.6. The van der Waals surface area contributed by atoms with E-state index in [4.69, 9.17) is 4.98 Å². The van der Waals surface area contributed by atoms with E-state index in [1.165, 1.54) is 18.4 Å². The summed E-state index contributed by atoms with van der Waals surface area (Å²) in [6, 6.07) is 8.58. The lowest BCUT2D eigenvalue weighted by molar-refractivity contribution is 0.191. The number of hydrazine groups is 1. The van der Waals surface area contributed by atoms with Gasteiger partial charge in [0.1, 0.15) is 5.69 Å². The SMILES string of the molecule is CCN1C(=O)N(C)c2cnc(Nc3ccc4c(ccn4C)c3)nc2N1C1CCCC1.